The highest BCUT2D eigenvalue weighted by atomic mass is 19.4. The number of aryl methyl sites for hydroxylation is 2. The fourth-order valence-corrected chi connectivity index (χ4v) is 3.00. The van der Waals surface area contributed by atoms with Crippen molar-refractivity contribution >= 4 is 5.71 Å². The number of hydrogen-bond acceptors (Lipinski definition) is 2. The van der Waals surface area contributed by atoms with Crippen LogP contribution >= 0.6 is 0 Å². The van der Waals surface area contributed by atoms with E-state index in [0.29, 0.717) is 12.0 Å². The average molecular weight is 351 g/mol. The first kappa shape index (κ1) is 17.5. The summed E-state index contributed by atoms with van der Waals surface area (Å²) in [6.45, 7) is 3.64. The molecule has 1 unspecified atom stereocenters. The van der Waals surface area contributed by atoms with Gasteiger partial charge in [0, 0.05) is 12.0 Å². The van der Waals surface area contributed by atoms with Crippen LogP contribution in [0, 0.1) is 12.7 Å². The third kappa shape index (κ3) is 3.13. The minimum absolute atomic E-state index is 0.0395. The van der Waals surface area contributed by atoms with E-state index in [1.165, 1.54) is 36.4 Å². The SMILES string of the molecule is CCc1cc(C)cc(C2(C(F)(F)F)CC(c3ccc(F)cc3)=NO2)c1. The van der Waals surface area contributed by atoms with Crippen LogP contribution in [0.2, 0.25) is 0 Å². The molecular formula is C19H17F4NO. The third-order valence-electron chi connectivity index (χ3n) is 4.38. The summed E-state index contributed by atoms with van der Waals surface area (Å²) in [7, 11) is 0. The van der Waals surface area contributed by atoms with Gasteiger partial charge in [-0.05, 0) is 36.6 Å². The Balaban J connectivity index is 2.03. The van der Waals surface area contributed by atoms with Crippen LogP contribution in [-0.2, 0) is 16.9 Å². The summed E-state index contributed by atoms with van der Waals surface area (Å²) in [5.74, 6) is -0.461. The largest absolute Gasteiger partial charge is 0.435 e. The Morgan fingerprint density at radius 2 is 1.80 bits per heavy atom. The van der Waals surface area contributed by atoms with E-state index in [9.17, 15) is 17.6 Å². The zero-order chi connectivity index (χ0) is 18.2. The van der Waals surface area contributed by atoms with Gasteiger partial charge in [0.25, 0.3) is 5.60 Å². The van der Waals surface area contributed by atoms with E-state index in [0.717, 1.165) is 11.1 Å². The van der Waals surface area contributed by atoms with E-state index < -0.39 is 24.0 Å². The number of alkyl halides is 3. The first-order valence-electron chi connectivity index (χ1n) is 7.94. The minimum atomic E-state index is -4.64. The molecule has 0 saturated carbocycles. The zero-order valence-corrected chi connectivity index (χ0v) is 13.8. The fourth-order valence-electron chi connectivity index (χ4n) is 3.00. The molecule has 0 amide bonds. The van der Waals surface area contributed by atoms with Crippen molar-refractivity contribution in [3.05, 3.63) is 70.5 Å². The van der Waals surface area contributed by atoms with Crippen molar-refractivity contribution < 1.29 is 22.4 Å². The van der Waals surface area contributed by atoms with E-state index in [4.69, 9.17) is 4.84 Å². The molecule has 1 aliphatic heterocycles. The topological polar surface area (TPSA) is 21.6 Å². The monoisotopic (exact) mass is 351 g/mol. The molecule has 1 atom stereocenters. The summed E-state index contributed by atoms with van der Waals surface area (Å²) in [4.78, 5) is 5.01. The predicted octanol–water partition coefficient (Wildman–Crippen LogP) is 5.28. The summed E-state index contributed by atoms with van der Waals surface area (Å²) in [5, 5.41) is 3.69. The summed E-state index contributed by atoms with van der Waals surface area (Å²) < 4.78 is 54.9. The molecule has 0 N–H and O–H groups in total. The van der Waals surface area contributed by atoms with Gasteiger partial charge in [0.2, 0.25) is 0 Å². The second-order valence-electron chi connectivity index (χ2n) is 6.20. The van der Waals surface area contributed by atoms with Crippen molar-refractivity contribution in [3.8, 4) is 0 Å². The predicted molar refractivity (Wildman–Crippen MR) is 86.9 cm³/mol. The maximum Gasteiger partial charge on any atom is 0.435 e. The van der Waals surface area contributed by atoms with Gasteiger partial charge in [-0.3, -0.25) is 0 Å². The molecule has 25 heavy (non-hydrogen) atoms. The highest BCUT2D eigenvalue weighted by Gasteiger charge is 2.62. The lowest BCUT2D eigenvalue weighted by atomic mass is 9.85. The van der Waals surface area contributed by atoms with Crippen molar-refractivity contribution in [1.29, 1.82) is 0 Å². The van der Waals surface area contributed by atoms with Gasteiger partial charge in [-0.1, -0.05) is 48.0 Å². The molecule has 0 radical (unpaired) electrons. The van der Waals surface area contributed by atoms with Gasteiger partial charge in [0.05, 0.1) is 5.71 Å². The van der Waals surface area contributed by atoms with Crippen molar-refractivity contribution in [2.24, 2.45) is 5.16 Å². The molecule has 132 valence electrons. The highest BCUT2D eigenvalue weighted by Crippen LogP contribution is 2.49. The van der Waals surface area contributed by atoms with Crippen LogP contribution < -0.4 is 0 Å². The van der Waals surface area contributed by atoms with Crippen LogP contribution in [0.1, 0.15) is 35.6 Å². The smallest absolute Gasteiger partial charge is 0.374 e. The molecular weight excluding hydrogens is 334 g/mol. The second kappa shape index (κ2) is 6.17. The van der Waals surface area contributed by atoms with Crippen LogP contribution in [0.25, 0.3) is 0 Å². The lowest BCUT2D eigenvalue weighted by Crippen LogP contribution is -2.42. The Bertz CT molecular complexity index is 811. The van der Waals surface area contributed by atoms with Gasteiger partial charge in [-0.25, -0.2) is 4.39 Å². The van der Waals surface area contributed by atoms with Gasteiger partial charge >= 0.3 is 6.18 Å². The van der Waals surface area contributed by atoms with Crippen LogP contribution in [0.5, 0.6) is 0 Å². The van der Waals surface area contributed by atoms with Gasteiger partial charge in [-0.2, -0.15) is 13.2 Å². The number of rotatable bonds is 3. The lowest BCUT2D eigenvalue weighted by molar-refractivity contribution is -0.275. The number of benzene rings is 2. The summed E-state index contributed by atoms with van der Waals surface area (Å²) >= 11 is 0. The van der Waals surface area contributed by atoms with Crippen molar-refractivity contribution in [2.45, 2.75) is 38.5 Å². The van der Waals surface area contributed by atoms with Crippen molar-refractivity contribution in [2.75, 3.05) is 0 Å². The van der Waals surface area contributed by atoms with Gasteiger partial charge in [0.15, 0.2) is 0 Å². The maximum atomic E-state index is 14.0. The lowest BCUT2D eigenvalue weighted by Gasteiger charge is -2.30. The molecule has 2 nitrogen and oxygen atoms in total. The maximum absolute atomic E-state index is 14.0. The molecule has 0 spiro atoms. The Morgan fingerprint density at radius 3 is 2.40 bits per heavy atom. The summed E-state index contributed by atoms with van der Waals surface area (Å²) in [5.41, 5.74) is -0.383. The number of oxime groups is 1. The summed E-state index contributed by atoms with van der Waals surface area (Å²) in [6, 6.07) is 10.0. The first-order chi connectivity index (χ1) is 11.7. The van der Waals surface area contributed by atoms with E-state index >= 15 is 0 Å². The standard InChI is InChI=1S/C19H17F4NO/c1-3-13-8-12(2)9-15(10-13)18(19(21,22)23)11-17(24-25-18)14-4-6-16(20)7-5-14/h4-10H,3,11H2,1-2H3. The van der Waals surface area contributed by atoms with Crippen LogP contribution in [0.4, 0.5) is 17.6 Å². The van der Waals surface area contributed by atoms with E-state index in [2.05, 4.69) is 5.16 Å². The Kier molecular flexibility index (Phi) is 4.31. The fraction of sp³-hybridized carbons (Fsp3) is 0.316. The summed E-state index contributed by atoms with van der Waals surface area (Å²) in [6.07, 6.45) is -4.47. The molecule has 0 saturated heterocycles. The molecule has 6 heteroatoms. The van der Waals surface area contributed by atoms with Crippen molar-refractivity contribution in [1.82, 2.24) is 0 Å². The minimum Gasteiger partial charge on any atom is -0.374 e. The molecule has 2 aromatic carbocycles. The molecule has 0 aliphatic carbocycles. The molecule has 0 fully saturated rings. The number of hydrogen-bond donors (Lipinski definition) is 0. The number of halogens is 4. The third-order valence-corrected chi connectivity index (χ3v) is 4.38. The van der Waals surface area contributed by atoms with Gasteiger partial charge in [0.1, 0.15) is 5.82 Å². The van der Waals surface area contributed by atoms with Crippen LogP contribution in [0.15, 0.2) is 47.6 Å². The Hall–Kier alpha value is -2.37. The van der Waals surface area contributed by atoms with E-state index in [-0.39, 0.29) is 11.3 Å². The molecule has 1 heterocycles. The van der Waals surface area contributed by atoms with Crippen molar-refractivity contribution in [3.63, 3.8) is 0 Å². The van der Waals surface area contributed by atoms with E-state index in [1.54, 1.807) is 6.92 Å². The Labute approximate surface area is 143 Å². The normalized spacial score (nSPS) is 20.3. The molecule has 1 aliphatic rings. The zero-order valence-electron chi connectivity index (χ0n) is 13.8. The molecule has 2 aromatic rings. The van der Waals surface area contributed by atoms with Crippen LogP contribution in [-0.4, -0.2) is 11.9 Å². The Morgan fingerprint density at radius 1 is 1.12 bits per heavy atom. The first-order valence-corrected chi connectivity index (χ1v) is 7.94. The molecule has 0 bridgehead atoms. The quantitative estimate of drug-likeness (QED) is 0.690. The second-order valence-corrected chi connectivity index (χ2v) is 6.20. The highest BCUT2D eigenvalue weighted by molar-refractivity contribution is 6.01. The molecule has 0 aromatic heterocycles. The van der Waals surface area contributed by atoms with Crippen LogP contribution in [0.3, 0.4) is 0 Å². The van der Waals surface area contributed by atoms with Gasteiger partial charge in [-0.15, -0.1) is 0 Å². The molecule has 3 rings (SSSR count). The number of nitrogens with zero attached hydrogens (tertiary/aromatic N) is 1. The van der Waals surface area contributed by atoms with Gasteiger partial charge < -0.3 is 4.84 Å². The average Bonchev–Trinajstić information content (AvgIpc) is 3.01. The van der Waals surface area contributed by atoms with E-state index in [1.807, 2.05) is 13.0 Å².